The van der Waals surface area contributed by atoms with Crippen LogP contribution in [-0.2, 0) is 15.8 Å². The first-order valence-corrected chi connectivity index (χ1v) is 9.04. The van der Waals surface area contributed by atoms with Gasteiger partial charge in [-0.05, 0) is 30.3 Å². The molecule has 0 unspecified atom stereocenters. The summed E-state index contributed by atoms with van der Waals surface area (Å²) < 4.78 is 67.6. The number of anilines is 2. The molecule has 2 aromatic rings. The van der Waals surface area contributed by atoms with Crippen LogP contribution in [0.1, 0.15) is 12.0 Å². The molecule has 0 radical (unpaired) electrons. The van der Waals surface area contributed by atoms with Crippen molar-refractivity contribution < 1.29 is 36.3 Å². The normalized spacial score (nSPS) is 16.2. The van der Waals surface area contributed by atoms with Crippen LogP contribution < -0.4 is 15.4 Å². The summed E-state index contributed by atoms with van der Waals surface area (Å²) in [6.45, 7) is -3.08. The van der Waals surface area contributed by atoms with Crippen molar-refractivity contribution in [2.75, 3.05) is 10.6 Å². The van der Waals surface area contributed by atoms with E-state index in [1.165, 1.54) is 30.3 Å². The fourth-order valence-corrected chi connectivity index (χ4v) is 3.69. The number of fused-ring (bicyclic) bond motifs is 1. The summed E-state index contributed by atoms with van der Waals surface area (Å²) in [5, 5.41) is 3.86. The summed E-state index contributed by atoms with van der Waals surface area (Å²) in [6, 6.07) is 8.50. The second-order valence-corrected chi connectivity index (χ2v) is 7.18. The van der Waals surface area contributed by atoms with Crippen molar-refractivity contribution in [3.63, 3.8) is 0 Å². The maximum absolute atomic E-state index is 12.8. The molecule has 1 aliphatic heterocycles. The van der Waals surface area contributed by atoms with E-state index >= 15 is 0 Å². The van der Waals surface area contributed by atoms with Gasteiger partial charge < -0.3 is 15.4 Å². The number of carbonyl (C=O) groups excluding carboxylic acids is 2. The third kappa shape index (κ3) is 5.17. The van der Waals surface area contributed by atoms with Gasteiger partial charge in [-0.25, -0.2) is 0 Å². The second kappa shape index (κ2) is 8.27. The molecule has 3 rings (SSSR count). The van der Waals surface area contributed by atoms with Crippen LogP contribution in [0.3, 0.4) is 0 Å². The van der Waals surface area contributed by atoms with Crippen molar-refractivity contribution >= 4 is 35.0 Å². The van der Waals surface area contributed by atoms with Gasteiger partial charge in [0.05, 0.1) is 22.2 Å². The molecule has 2 aromatic carbocycles. The van der Waals surface area contributed by atoms with E-state index in [0.717, 1.165) is 23.9 Å². The Morgan fingerprint density at radius 3 is 2.62 bits per heavy atom. The van der Waals surface area contributed by atoms with Crippen LogP contribution in [0.25, 0.3) is 0 Å². The number of amides is 2. The molecule has 2 N–H and O–H groups in total. The molecule has 0 aromatic heterocycles. The summed E-state index contributed by atoms with van der Waals surface area (Å²) in [7, 11) is 0. The minimum atomic E-state index is -4.55. The lowest BCUT2D eigenvalue weighted by Gasteiger charge is -2.24. The van der Waals surface area contributed by atoms with Crippen molar-refractivity contribution in [1.82, 2.24) is 0 Å². The molecule has 2 amide bonds. The summed E-state index contributed by atoms with van der Waals surface area (Å²) in [5.41, 5.74) is -0.875. The van der Waals surface area contributed by atoms with E-state index in [2.05, 4.69) is 15.4 Å². The Morgan fingerprint density at radius 1 is 1.21 bits per heavy atom. The van der Waals surface area contributed by atoms with Crippen molar-refractivity contribution in [2.45, 2.75) is 29.4 Å². The minimum Gasteiger partial charge on any atom is -0.433 e. The molecule has 29 heavy (non-hydrogen) atoms. The topological polar surface area (TPSA) is 67.4 Å². The SMILES string of the molecule is O=C(C[C@@H]1Sc2ccc(C(F)(F)F)cc2NC1=O)Nc1ccccc1OC(F)F. The highest BCUT2D eigenvalue weighted by atomic mass is 32.2. The van der Waals surface area contributed by atoms with Crippen molar-refractivity contribution in [1.29, 1.82) is 0 Å². The first-order chi connectivity index (χ1) is 13.6. The number of halogens is 5. The zero-order valence-electron chi connectivity index (χ0n) is 14.4. The van der Waals surface area contributed by atoms with Gasteiger partial charge in [-0.2, -0.15) is 22.0 Å². The number of thioether (sulfide) groups is 1. The molecule has 154 valence electrons. The smallest absolute Gasteiger partial charge is 0.416 e. The van der Waals surface area contributed by atoms with Gasteiger partial charge in [-0.1, -0.05) is 12.1 Å². The average Bonchev–Trinajstić information content (AvgIpc) is 2.62. The van der Waals surface area contributed by atoms with Crippen molar-refractivity contribution in [3.05, 3.63) is 48.0 Å². The maximum Gasteiger partial charge on any atom is 0.416 e. The van der Waals surface area contributed by atoms with E-state index in [0.29, 0.717) is 4.90 Å². The Hall–Kier alpha value is -2.82. The first kappa shape index (κ1) is 20.9. The summed E-state index contributed by atoms with van der Waals surface area (Å²) >= 11 is 0.947. The fraction of sp³-hybridized carbons (Fsp3) is 0.222. The number of alkyl halides is 5. The van der Waals surface area contributed by atoms with Gasteiger partial charge in [0.15, 0.2) is 0 Å². The molecule has 0 saturated carbocycles. The lowest BCUT2D eigenvalue weighted by Crippen LogP contribution is -2.32. The fourth-order valence-electron chi connectivity index (χ4n) is 2.60. The molecule has 0 fully saturated rings. The van der Waals surface area contributed by atoms with E-state index < -0.39 is 35.4 Å². The third-order valence-electron chi connectivity index (χ3n) is 3.87. The summed E-state index contributed by atoms with van der Waals surface area (Å²) in [5.74, 6) is -1.51. The zero-order chi connectivity index (χ0) is 21.2. The van der Waals surface area contributed by atoms with Gasteiger partial charge in [-0.3, -0.25) is 9.59 Å². The minimum absolute atomic E-state index is 0.00855. The largest absolute Gasteiger partial charge is 0.433 e. The van der Waals surface area contributed by atoms with Gasteiger partial charge in [0, 0.05) is 11.3 Å². The number of carbonyl (C=O) groups is 2. The molecule has 1 heterocycles. The molecule has 0 aliphatic carbocycles. The third-order valence-corrected chi connectivity index (χ3v) is 5.15. The van der Waals surface area contributed by atoms with E-state index in [9.17, 15) is 31.5 Å². The van der Waals surface area contributed by atoms with Crippen molar-refractivity contribution in [3.8, 4) is 5.75 Å². The van der Waals surface area contributed by atoms with E-state index in [-0.39, 0.29) is 23.5 Å². The zero-order valence-corrected chi connectivity index (χ0v) is 15.2. The summed E-state index contributed by atoms with van der Waals surface area (Å²) in [4.78, 5) is 24.9. The molecule has 0 saturated heterocycles. The predicted octanol–water partition coefficient (Wildman–Crippen LogP) is 4.75. The molecule has 1 atom stereocenters. The lowest BCUT2D eigenvalue weighted by molar-refractivity contribution is -0.137. The highest BCUT2D eigenvalue weighted by Crippen LogP contribution is 2.40. The van der Waals surface area contributed by atoms with Gasteiger partial charge in [-0.15, -0.1) is 11.8 Å². The van der Waals surface area contributed by atoms with Crippen LogP contribution >= 0.6 is 11.8 Å². The maximum atomic E-state index is 12.8. The Balaban J connectivity index is 1.69. The molecule has 1 aliphatic rings. The van der Waals surface area contributed by atoms with E-state index in [1.54, 1.807) is 0 Å². The monoisotopic (exact) mass is 432 g/mol. The van der Waals surface area contributed by atoms with Crippen LogP contribution in [0.15, 0.2) is 47.4 Å². The Kier molecular flexibility index (Phi) is 5.96. The van der Waals surface area contributed by atoms with Crippen LogP contribution in [0, 0.1) is 0 Å². The van der Waals surface area contributed by atoms with Gasteiger partial charge >= 0.3 is 12.8 Å². The van der Waals surface area contributed by atoms with Gasteiger partial charge in [0.1, 0.15) is 5.75 Å². The van der Waals surface area contributed by atoms with Crippen molar-refractivity contribution in [2.24, 2.45) is 0 Å². The highest BCUT2D eigenvalue weighted by molar-refractivity contribution is 8.01. The first-order valence-electron chi connectivity index (χ1n) is 8.16. The number of nitrogens with one attached hydrogen (secondary N) is 2. The molecule has 0 bridgehead atoms. The lowest BCUT2D eigenvalue weighted by atomic mass is 10.1. The number of ether oxygens (including phenoxy) is 1. The van der Waals surface area contributed by atoms with E-state index in [4.69, 9.17) is 0 Å². The van der Waals surface area contributed by atoms with Crippen LogP contribution in [0.5, 0.6) is 5.75 Å². The molecule has 0 spiro atoms. The molecule has 11 heteroatoms. The Morgan fingerprint density at radius 2 is 1.93 bits per heavy atom. The standard InChI is InChI=1S/C18H13F5N2O3S/c19-17(20)28-12-4-2-1-3-10(12)24-15(26)8-14-16(27)25-11-7-9(18(21,22)23)5-6-13(11)29-14/h1-7,14,17H,8H2,(H,24,26)(H,25,27)/t14-/m0/s1. The highest BCUT2D eigenvalue weighted by Gasteiger charge is 2.34. The number of rotatable bonds is 5. The molecular weight excluding hydrogens is 419 g/mol. The van der Waals surface area contributed by atoms with Crippen LogP contribution in [0.4, 0.5) is 33.3 Å². The second-order valence-electron chi connectivity index (χ2n) is 5.93. The number of para-hydroxylation sites is 2. The van der Waals surface area contributed by atoms with Gasteiger partial charge in [0.25, 0.3) is 0 Å². The number of hydrogen-bond acceptors (Lipinski definition) is 4. The van der Waals surface area contributed by atoms with Gasteiger partial charge in [0.2, 0.25) is 11.8 Å². The number of hydrogen-bond donors (Lipinski definition) is 2. The molecule has 5 nitrogen and oxygen atoms in total. The van der Waals surface area contributed by atoms with Crippen LogP contribution in [0.2, 0.25) is 0 Å². The Labute approximate surface area is 165 Å². The number of benzene rings is 2. The predicted molar refractivity (Wildman–Crippen MR) is 96.0 cm³/mol. The quantitative estimate of drug-likeness (QED) is 0.670. The van der Waals surface area contributed by atoms with Crippen LogP contribution in [-0.4, -0.2) is 23.7 Å². The Bertz CT molecular complexity index is 936. The summed E-state index contributed by atoms with van der Waals surface area (Å²) in [6.07, 6.45) is -4.87. The van der Waals surface area contributed by atoms with E-state index in [1.807, 2.05) is 0 Å². The molecular formula is C18H13F5N2O3S. The average molecular weight is 432 g/mol.